The molecule has 0 aliphatic heterocycles. The Morgan fingerprint density at radius 3 is 2.45 bits per heavy atom. The van der Waals surface area contributed by atoms with Gasteiger partial charge in [-0.25, -0.2) is 4.79 Å². The Morgan fingerprint density at radius 1 is 1.05 bits per heavy atom. The summed E-state index contributed by atoms with van der Waals surface area (Å²) < 4.78 is 4.91. The third kappa shape index (κ3) is 3.78. The number of ketones is 1. The molecule has 0 amide bonds. The van der Waals surface area contributed by atoms with Crippen LogP contribution in [-0.4, -0.2) is 18.4 Å². The fraction of sp³-hybridized carbons (Fsp3) is 0.250. The van der Waals surface area contributed by atoms with Gasteiger partial charge in [0.2, 0.25) is 0 Å². The van der Waals surface area contributed by atoms with E-state index in [0.717, 1.165) is 5.56 Å². The van der Waals surface area contributed by atoms with Crippen LogP contribution in [0.2, 0.25) is 0 Å². The summed E-state index contributed by atoms with van der Waals surface area (Å²) >= 11 is 1.20. The van der Waals surface area contributed by atoms with Crippen LogP contribution in [0, 0.1) is 0 Å². The van der Waals surface area contributed by atoms with Crippen molar-refractivity contribution in [3.05, 3.63) is 57.8 Å². The smallest absolute Gasteiger partial charge is 0.348 e. The summed E-state index contributed by atoms with van der Waals surface area (Å²) in [6, 6.07) is 13.2. The average Bonchev–Trinajstić information content (AvgIpc) is 2.96. The standard InChI is InChI=1S/C16H16O3S/c1-2-19-16(18)15-11-10-14(20-15)13(17)9-8-12-6-4-3-5-7-12/h3-7,10-11H,2,8-9H2,1H3. The van der Waals surface area contributed by atoms with Crippen molar-refractivity contribution < 1.29 is 14.3 Å². The number of rotatable bonds is 6. The van der Waals surface area contributed by atoms with Gasteiger partial charge in [-0.15, -0.1) is 11.3 Å². The largest absolute Gasteiger partial charge is 0.462 e. The van der Waals surface area contributed by atoms with Crippen LogP contribution in [0.15, 0.2) is 42.5 Å². The topological polar surface area (TPSA) is 43.4 Å². The summed E-state index contributed by atoms with van der Waals surface area (Å²) in [5, 5.41) is 0. The SMILES string of the molecule is CCOC(=O)c1ccc(C(=O)CCc2ccccc2)s1. The Labute approximate surface area is 122 Å². The van der Waals surface area contributed by atoms with E-state index in [1.165, 1.54) is 11.3 Å². The molecule has 3 nitrogen and oxygen atoms in total. The third-order valence-electron chi connectivity index (χ3n) is 2.84. The summed E-state index contributed by atoms with van der Waals surface area (Å²) in [5.41, 5.74) is 1.14. The molecule has 0 aliphatic carbocycles. The zero-order chi connectivity index (χ0) is 14.4. The summed E-state index contributed by atoms with van der Waals surface area (Å²) in [7, 11) is 0. The van der Waals surface area contributed by atoms with Crippen LogP contribution >= 0.6 is 11.3 Å². The first-order chi connectivity index (χ1) is 9.70. The average molecular weight is 288 g/mol. The Balaban J connectivity index is 1.94. The molecule has 0 unspecified atom stereocenters. The molecule has 0 fully saturated rings. The van der Waals surface area contributed by atoms with E-state index in [-0.39, 0.29) is 11.8 Å². The molecule has 104 valence electrons. The van der Waals surface area contributed by atoms with Crippen molar-refractivity contribution >= 4 is 23.1 Å². The van der Waals surface area contributed by atoms with Crippen LogP contribution in [0.5, 0.6) is 0 Å². The molecular weight excluding hydrogens is 272 g/mol. The first kappa shape index (κ1) is 14.5. The summed E-state index contributed by atoms with van der Waals surface area (Å²) in [6.07, 6.45) is 1.17. The minimum Gasteiger partial charge on any atom is -0.462 e. The van der Waals surface area contributed by atoms with E-state index in [1.54, 1.807) is 19.1 Å². The molecular formula is C16H16O3S. The van der Waals surface area contributed by atoms with Crippen LogP contribution in [-0.2, 0) is 11.2 Å². The molecule has 0 saturated heterocycles. The molecule has 20 heavy (non-hydrogen) atoms. The first-order valence-electron chi connectivity index (χ1n) is 6.54. The van der Waals surface area contributed by atoms with Crippen molar-refractivity contribution in [2.75, 3.05) is 6.61 Å². The molecule has 1 aromatic carbocycles. The van der Waals surface area contributed by atoms with Crippen LogP contribution in [0.1, 0.15) is 38.3 Å². The van der Waals surface area contributed by atoms with E-state index in [2.05, 4.69) is 0 Å². The summed E-state index contributed by atoms with van der Waals surface area (Å²) in [6.45, 7) is 2.10. The number of ether oxygens (including phenoxy) is 1. The van der Waals surface area contributed by atoms with Gasteiger partial charge >= 0.3 is 5.97 Å². The lowest BCUT2D eigenvalue weighted by Crippen LogP contribution is -2.01. The predicted molar refractivity (Wildman–Crippen MR) is 79.4 cm³/mol. The number of aryl methyl sites for hydroxylation is 1. The van der Waals surface area contributed by atoms with E-state index < -0.39 is 0 Å². The third-order valence-corrected chi connectivity index (χ3v) is 3.95. The molecule has 0 aliphatic rings. The van der Waals surface area contributed by atoms with Crippen molar-refractivity contribution in [2.24, 2.45) is 0 Å². The Bertz CT molecular complexity index is 587. The van der Waals surface area contributed by atoms with Gasteiger partial charge in [0.1, 0.15) is 4.88 Å². The quantitative estimate of drug-likeness (QED) is 0.600. The summed E-state index contributed by atoms with van der Waals surface area (Å²) in [5.74, 6) is -0.297. The minimum atomic E-state index is -0.361. The fourth-order valence-corrected chi connectivity index (χ4v) is 2.69. The number of hydrogen-bond acceptors (Lipinski definition) is 4. The highest BCUT2D eigenvalue weighted by molar-refractivity contribution is 7.15. The number of thiophene rings is 1. The number of esters is 1. The second kappa shape index (κ2) is 7.01. The Morgan fingerprint density at radius 2 is 1.75 bits per heavy atom. The van der Waals surface area contributed by atoms with Crippen molar-refractivity contribution in [3.8, 4) is 0 Å². The molecule has 0 atom stereocenters. The molecule has 0 bridgehead atoms. The van der Waals surface area contributed by atoms with E-state index in [1.807, 2.05) is 30.3 Å². The minimum absolute atomic E-state index is 0.0643. The zero-order valence-electron chi connectivity index (χ0n) is 11.3. The van der Waals surface area contributed by atoms with Gasteiger partial charge in [0.25, 0.3) is 0 Å². The van der Waals surface area contributed by atoms with Crippen molar-refractivity contribution in [3.63, 3.8) is 0 Å². The van der Waals surface area contributed by atoms with E-state index in [0.29, 0.717) is 29.2 Å². The molecule has 0 radical (unpaired) electrons. The van der Waals surface area contributed by atoms with Gasteiger partial charge in [-0.1, -0.05) is 30.3 Å². The molecule has 1 aromatic heterocycles. The van der Waals surface area contributed by atoms with Crippen LogP contribution in [0.4, 0.5) is 0 Å². The van der Waals surface area contributed by atoms with E-state index in [9.17, 15) is 9.59 Å². The Kier molecular flexibility index (Phi) is 5.07. The molecule has 2 aromatic rings. The molecule has 1 heterocycles. The Hall–Kier alpha value is -1.94. The van der Waals surface area contributed by atoms with Crippen molar-refractivity contribution in [2.45, 2.75) is 19.8 Å². The second-order valence-electron chi connectivity index (χ2n) is 4.29. The molecule has 4 heteroatoms. The van der Waals surface area contributed by atoms with Crippen LogP contribution in [0.25, 0.3) is 0 Å². The molecule has 0 N–H and O–H groups in total. The highest BCUT2D eigenvalue weighted by atomic mass is 32.1. The molecule has 2 rings (SSSR count). The second-order valence-corrected chi connectivity index (χ2v) is 5.38. The molecule has 0 spiro atoms. The van der Waals surface area contributed by atoms with Gasteiger partial charge < -0.3 is 4.74 Å². The van der Waals surface area contributed by atoms with Crippen molar-refractivity contribution in [1.29, 1.82) is 0 Å². The van der Waals surface area contributed by atoms with Crippen molar-refractivity contribution in [1.82, 2.24) is 0 Å². The maximum absolute atomic E-state index is 12.1. The number of carbonyl (C=O) groups is 2. The maximum Gasteiger partial charge on any atom is 0.348 e. The van der Waals surface area contributed by atoms with Crippen LogP contribution in [0.3, 0.4) is 0 Å². The van der Waals surface area contributed by atoms with E-state index >= 15 is 0 Å². The van der Waals surface area contributed by atoms with Gasteiger partial charge in [0.15, 0.2) is 5.78 Å². The number of benzene rings is 1. The highest BCUT2D eigenvalue weighted by Gasteiger charge is 2.14. The first-order valence-corrected chi connectivity index (χ1v) is 7.36. The number of Topliss-reactive ketones (excluding diaryl/α,β-unsaturated/α-hetero) is 1. The van der Waals surface area contributed by atoms with Crippen LogP contribution < -0.4 is 0 Å². The number of hydrogen-bond donors (Lipinski definition) is 0. The maximum atomic E-state index is 12.1. The van der Waals surface area contributed by atoms with Gasteiger partial charge in [-0.2, -0.15) is 0 Å². The lowest BCUT2D eigenvalue weighted by molar-refractivity contribution is 0.0532. The zero-order valence-corrected chi connectivity index (χ0v) is 12.1. The van der Waals surface area contributed by atoms with Gasteiger partial charge in [0, 0.05) is 6.42 Å². The molecule has 0 saturated carbocycles. The van der Waals surface area contributed by atoms with E-state index in [4.69, 9.17) is 4.74 Å². The van der Waals surface area contributed by atoms with Gasteiger partial charge in [-0.3, -0.25) is 4.79 Å². The predicted octanol–water partition coefficient (Wildman–Crippen LogP) is 3.74. The number of carbonyl (C=O) groups excluding carboxylic acids is 2. The highest BCUT2D eigenvalue weighted by Crippen LogP contribution is 2.20. The summed E-state index contributed by atoms with van der Waals surface area (Å²) in [4.78, 5) is 24.7. The van der Waals surface area contributed by atoms with Gasteiger partial charge in [-0.05, 0) is 31.0 Å². The fourth-order valence-electron chi connectivity index (χ4n) is 1.83. The normalized spacial score (nSPS) is 10.2. The van der Waals surface area contributed by atoms with Gasteiger partial charge in [0.05, 0.1) is 11.5 Å². The lowest BCUT2D eigenvalue weighted by atomic mass is 10.1. The monoisotopic (exact) mass is 288 g/mol. The lowest BCUT2D eigenvalue weighted by Gasteiger charge is -1.99.